The summed E-state index contributed by atoms with van der Waals surface area (Å²) in [6.45, 7) is 2.61. The molecule has 7 nitrogen and oxygen atoms in total. The molecule has 0 radical (unpaired) electrons. The average Bonchev–Trinajstić information content (AvgIpc) is 2.70. The van der Waals surface area contributed by atoms with Crippen LogP contribution < -0.4 is 9.62 Å². The number of likely N-dealkylation sites (tertiary alicyclic amines) is 1. The largest absolute Gasteiger partial charge is 0.374 e. The van der Waals surface area contributed by atoms with Gasteiger partial charge in [0.1, 0.15) is 22.3 Å². The highest BCUT2D eigenvalue weighted by atomic mass is 35.5. The van der Waals surface area contributed by atoms with Crippen LogP contribution in [0.25, 0.3) is 0 Å². The van der Waals surface area contributed by atoms with Crippen LogP contribution in [0.15, 0.2) is 29.2 Å². The van der Waals surface area contributed by atoms with Crippen molar-refractivity contribution in [1.82, 2.24) is 9.88 Å². The second-order valence-corrected chi connectivity index (χ2v) is 10.5. The van der Waals surface area contributed by atoms with Crippen LogP contribution in [-0.2, 0) is 14.8 Å². The monoisotopic (exact) mass is 504 g/mol. The Morgan fingerprint density at radius 1 is 1.27 bits per heavy atom. The fourth-order valence-electron chi connectivity index (χ4n) is 4.62. The van der Waals surface area contributed by atoms with Crippen molar-refractivity contribution >= 4 is 33.1 Å². The van der Waals surface area contributed by atoms with Crippen molar-refractivity contribution in [2.75, 3.05) is 50.0 Å². The first-order chi connectivity index (χ1) is 15.6. The highest BCUT2D eigenvalue weighted by Gasteiger charge is 2.51. The standard InChI is InChI=1S/C21H24ClF3N4O3S/c1-28-8-4-5-13(10-28)21(32-2)11-29(12-21)15-9-14(23)20(19(25)18(15)22)33(30,31)27-17-7-3-6-16(24)26-17/h3,6-7,9,13H,4-5,8,10-12H2,1-2H3,(H,26,27)/t13-/m0/s1. The van der Waals surface area contributed by atoms with E-state index in [2.05, 4.69) is 9.88 Å². The second-order valence-electron chi connectivity index (χ2n) is 8.51. The van der Waals surface area contributed by atoms with E-state index in [-0.39, 0.29) is 11.6 Å². The molecular weight excluding hydrogens is 481 g/mol. The Balaban J connectivity index is 1.59. The van der Waals surface area contributed by atoms with Gasteiger partial charge in [-0.1, -0.05) is 17.7 Å². The highest BCUT2D eigenvalue weighted by molar-refractivity contribution is 7.92. The van der Waals surface area contributed by atoms with Gasteiger partial charge in [0, 0.05) is 38.7 Å². The molecule has 0 unspecified atom stereocenters. The number of nitrogens with one attached hydrogen (secondary N) is 1. The number of hydrogen-bond donors (Lipinski definition) is 1. The summed E-state index contributed by atoms with van der Waals surface area (Å²) < 4.78 is 76.1. The van der Waals surface area contributed by atoms with Crippen LogP contribution >= 0.6 is 11.6 Å². The molecule has 0 amide bonds. The van der Waals surface area contributed by atoms with Crippen molar-refractivity contribution < 1.29 is 26.3 Å². The number of pyridine rings is 1. The van der Waals surface area contributed by atoms with E-state index in [1.54, 1.807) is 12.0 Å². The molecule has 4 rings (SSSR count). The second kappa shape index (κ2) is 8.94. The van der Waals surface area contributed by atoms with Crippen LogP contribution in [0.2, 0.25) is 5.02 Å². The third kappa shape index (κ3) is 4.51. The van der Waals surface area contributed by atoms with Crippen LogP contribution in [-0.4, -0.2) is 64.2 Å². The van der Waals surface area contributed by atoms with Crippen molar-refractivity contribution in [3.8, 4) is 0 Å². The van der Waals surface area contributed by atoms with Crippen molar-refractivity contribution in [2.24, 2.45) is 5.92 Å². The van der Waals surface area contributed by atoms with E-state index in [1.165, 1.54) is 6.07 Å². The molecule has 0 spiro atoms. The minimum Gasteiger partial charge on any atom is -0.374 e. The Labute approximate surface area is 195 Å². The van der Waals surface area contributed by atoms with Gasteiger partial charge in [0.2, 0.25) is 5.95 Å². The number of anilines is 2. The van der Waals surface area contributed by atoms with Crippen LogP contribution in [0.5, 0.6) is 0 Å². The molecule has 2 aliphatic heterocycles. The predicted molar refractivity (Wildman–Crippen MR) is 119 cm³/mol. The maximum Gasteiger partial charge on any atom is 0.268 e. The topological polar surface area (TPSA) is 74.8 Å². The number of methoxy groups -OCH3 is 1. The minimum absolute atomic E-state index is 0.0475. The predicted octanol–water partition coefficient (Wildman–Crippen LogP) is 3.50. The van der Waals surface area contributed by atoms with Gasteiger partial charge in [0.25, 0.3) is 10.0 Å². The lowest BCUT2D eigenvalue weighted by atomic mass is 9.76. The molecule has 0 aliphatic carbocycles. The summed E-state index contributed by atoms with van der Waals surface area (Å²) in [5.74, 6) is -3.85. The molecule has 0 saturated carbocycles. The number of nitrogens with zero attached hydrogens (tertiary/aromatic N) is 3. The van der Waals surface area contributed by atoms with E-state index in [0.717, 1.165) is 44.1 Å². The SMILES string of the molecule is COC1([C@H]2CCCN(C)C2)CN(c2cc(F)c(S(=O)(=O)Nc3cccc(F)n3)c(F)c2Cl)C1. The Bertz CT molecular complexity index is 1160. The zero-order valence-electron chi connectivity index (χ0n) is 18.1. The number of aromatic nitrogens is 1. The smallest absolute Gasteiger partial charge is 0.268 e. The van der Waals surface area contributed by atoms with Gasteiger partial charge >= 0.3 is 0 Å². The fraction of sp³-hybridized carbons (Fsp3) is 0.476. The molecule has 1 atom stereocenters. The van der Waals surface area contributed by atoms with E-state index in [4.69, 9.17) is 16.3 Å². The summed E-state index contributed by atoms with van der Waals surface area (Å²) in [4.78, 5) is 5.99. The number of halogens is 4. The third-order valence-electron chi connectivity index (χ3n) is 6.35. The van der Waals surface area contributed by atoms with E-state index >= 15 is 4.39 Å². The molecule has 2 saturated heterocycles. The van der Waals surface area contributed by atoms with Gasteiger partial charge < -0.3 is 14.5 Å². The first kappa shape index (κ1) is 24.1. The number of benzene rings is 1. The molecule has 1 aromatic carbocycles. The molecule has 2 aromatic rings. The summed E-state index contributed by atoms with van der Waals surface area (Å²) in [5.41, 5.74) is -0.424. The third-order valence-corrected chi connectivity index (χ3v) is 8.10. The Hall–Kier alpha value is -2.08. The minimum atomic E-state index is -4.76. The molecular formula is C21H24ClF3N4O3S. The van der Waals surface area contributed by atoms with Crippen molar-refractivity contribution in [1.29, 1.82) is 0 Å². The number of hydrogen-bond acceptors (Lipinski definition) is 6. The molecule has 180 valence electrons. The quantitative estimate of drug-likeness (QED) is 0.479. The molecule has 2 fully saturated rings. The Morgan fingerprint density at radius 2 is 2.00 bits per heavy atom. The summed E-state index contributed by atoms with van der Waals surface area (Å²) in [5, 5.41) is -0.519. The number of rotatable bonds is 6. The fourth-order valence-corrected chi connectivity index (χ4v) is 6.09. The summed E-state index contributed by atoms with van der Waals surface area (Å²) >= 11 is 6.16. The van der Waals surface area contributed by atoms with Gasteiger partial charge in [-0.2, -0.15) is 4.39 Å². The summed E-state index contributed by atoms with van der Waals surface area (Å²) in [6, 6.07) is 4.26. The normalized spacial score (nSPS) is 21.0. The lowest BCUT2D eigenvalue weighted by Gasteiger charge is -2.55. The Morgan fingerprint density at radius 3 is 2.64 bits per heavy atom. The van der Waals surface area contributed by atoms with Gasteiger partial charge in [-0.05, 0) is 38.6 Å². The van der Waals surface area contributed by atoms with E-state index in [1.807, 2.05) is 11.8 Å². The zero-order chi connectivity index (χ0) is 24.0. The number of piperidine rings is 1. The van der Waals surface area contributed by atoms with E-state index < -0.39 is 48.9 Å². The summed E-state index contributed by atoms with van der Waals surface area (Å²) in [6.07, 6.45) is 2.02. The van der Waals surface area contributed by atoms with Crippen LogP contribution in [0.4, 0.5) is 24.7 Å². The zero-order valence-corrected chi connectivity index (χ0v) is 19.7. The van der Waals surface area contributed by atoms with Crippen molar-refractivity contribution in [3.05, 3.63) is 46.9 Å². The first-order valence-electron chi connectivity index (χ1n) is 10.4. The van der Waals surface area contributed by atoms with Gasteiger partial charge in [-0.3, -0.25) is 4.72 Å². The molecule has 12 heteroatoms. The Kier molecular flexibility index (Phi) is 6.51. The molecule has 2 aliphatic rings. The first-order valence-corrected chi connectivity index (χ1v) is 12.2. The molecule has 0 bridgehead atoms. The van der Waals surface area contributed by atoms with Gasteiger partial charge in [-0.15, -0.1) is 0 Å². The van der Waals surface area contributed by atoms with Crippen LogP contribution in [0.3, 0.4) is 0 Å². The lowest BCUT2D eigenvalue weighted by Crippen LogP contribution is -2.68. The molecule has 1 N–H and O–H groups in total. The van der Waals surface area contributed by atoms with Crippen LogP contribution in [0.1, 0.15) is 12.8 Å². The van der Waals surface area contributed by atoms with Gasteiger partial charge in [0.15, 0.2) is 10.7 Å². The van der Waals surface area contributed by atoms with Gasteiger partial charge in [-0.25, -0.2) is 22.2 Å². The van der Waals surface area contributed by atoms with Crippen molar-refractivity contribution in [2.45, 2.75) is 23.3 Å². The maximum absolute atomic E-state index is 15.1. The number of sulfonamides is 1. The lowest BCUT2D eigenvalue weighted by molar-refractivity contribution is -0.0953. The van der Waals surface area contributed by atoms with Crippen LogP contribution in [0, 0.1) is 23.5 Å². The summed E-state index contributed by atoms with van der Waals surface area (Å²) in [7, 11) is -1.09. The average molecular weight is 505 g/mol. The van der Waals surface area contributed by atoms with Crippen molar-refractivity contribution in [3.63, 3.8) is 0 Å². The molecule has 33 heavy (non-hydrogen) atoms. The van der Waals surface area contributed by atoms with E-state index in [9.17, 15) is 17.2 Å². The highest BCUT2D eigenvalue weighted by Crippen LogP contribution is 2.43. The molecule has 3 heterocycles. The van der Waals surface area contributed by atoms with E-state index in [0.29, 0.717) is 13.1 Å². The number of ether oxygens (including phenoxy) is 1. The molecule has 1 aromatic heterocycles. The van der Waals surface area contributed by atoms with Gasteiger partial charge in [0.05, 0.1) is 5.69 Å². The maximum atomic E-state index is 15.1.